The minimum absolute atomic E-state index is 0.0108. The molecule has 3 aromatic rings. The maximum Gasteiger partial charge on any atom is 0.228 e. The van der Waals surface area contributed by atoms with Crippen molar-refractivity contribution < 1.29 is 9.18 Å². The summed E-state index contributed by atoms with van der Waals surface area (Å²) in [4.78, 5) is 17.6. The van der Waals surface area contributed by atoms with Gasteiger partial charge < -0.3 is 5.32 Å². The smallest absolute Gasteiger partial charge is 0.228 e. The monoisotopic (exact) mass is 367 g/mol. The quantitative estimate of drug-likeness (QED) is 0.590. The van der Waals surface area contributed by atoms with E-state index in [9.17, 15) is 9.18 Å². The molecule has 0 bridgehead atoms. The number of pyridine rings is 1. The van der Waals surface area contributed by atoms with Crippen LogP contribution in [0.4, 0.5) is 10.2 Å². The van der Waals surface area contributed by atoms with Crippen molar-refractivity contribution >= 4 is 17.4 Å². The number of hydrogen-bond acceptors (Lipinski definition) is 2. The fourth-order valence-corrected chi connectivity index (χ4v) is 3.26. The van der Waals surface area contributed by atoms with Crippen LogP contribution in [0.5, 0.6) is 0 Å². The lowest BCUT2D eigenvalue weighted by molar-refractivity contribution is -0.120. The van der Waals surface area contributed by atoms with Gasteiger partial charge in [-0.25, -0.2) is 9.37 Å². The number of benzene rings is 1. The number of carbonyl (C=O) groups excluding carboxylic acids is 1. The lowest BCUT2D eigenvalue weighted by Crippen LogP contribution is -2.23. The molecule has 1 amide bonds. The van der Waals surface area contributed by atoms with Gasteiger partial charge in [-0.15, -0.1) is 0 Å². The van der Waals surface area contributed by atoms with Crippen molar-refractivity contribution in [1.29, 1.82) is 0 Å². The summed E-state index contributed by atoms with van der Waals surface area (Å²) in [5.41, 5.74) is 3.27. The summed E-state index contributed by atoms with van der Waals surface area (Å²) >= 11 is 0. The second-order valence-electron chi connectivity index (χ2n) is 6.98. The Labute approximate surface area is 159 Å². The highest BCUT2D eigenvalue weighted by atomic mass is 19.1. The van der Waals surface area contributed by atoms with Crippen molar-refractivity contribution in [3.8, 4) is 11.3 Å². The number of fused-ring (bicyclic) bond motifs is 1. The first-order chi connectivity index (χ1) is 13.0. The van der Waals surface area contributed by atoms with Crippen molar-refractivity contribution in [2.75, 3.05) is 5.32 Å². The van der Waals surface area contributed by atoms with Crippen LogP contribution in [-0.2, 0) is 4.79 Å². The van der Waals surface area contributed by atoms with Gasteiger partial charge in [-0.1, -0.05) is 26.7 Å². The van der Waals surface area contributed by atoms with Gasteiger partial charge in [0.05, 0.1) is 0 Å². The van der Waals surface area contributed by atoms with E-state index in [1.54, 1.807) is 12.1 Å². The average Bonchev–Trinajstić information content (AvgIpc) is 3.00. The van der Waals surface area contributed by atoms with Gasteiger partial charge in [0.1, 0.15) is 23.0 Å². The minimum atomic E-state index is -0.297. The number of rotatable bonds is 7. The number of nitrogens with one attached hydrogen (secondary N) is 1. The Balaban J connectivity index is 2.02. The van der Waals surface area contributed by atoms with E-state index in [-0.39, 0.29) is 17.6 Å². The molecule has 4 nitrogen and oxygen atoms in total. The number of aromatic nitrogens is 2. The van der Waals surface area contributed by atoms with Gasteiger partial charge in [0.25, 0.3) is 0 Å². The third-order valence-corrected chi connectivity index (χ3v) is 4.91. The molecule has 0 spiro atoms. The first kappa shape index (κ1) is 19.1. The number of hydrogen-bond donors (Lipinski definition) is 1. The molecule has 0 fully saturated rings. The van der Waals surface area contributed by atoms with Crippen molar-refractivity contribution in [1.82, 2.24) is 9.38 Å². The lowest BCUT2D eigenvalue weighted by atomic mass is 9.98. The first-order valence-corrected chi connectivity index (χ1v) is 9.59. The highest BCUT2D eigenvalue weighted by molar-refractivity contribution is 5.96. The van der Waals surface area contributed by atoms with E-state index in [0.717, 1.165) is 42.5 Å². The molecule has 3 rings (SSSR count). The zero-order chi connectivity index (χ0) is 19.4. The first-order valence-electron chi connectivity index (χ1n) is 9.59. The van der Waals surface area contributed by atoms with E-state index < -0.39 is 0 Å². The SMILES string of the molecule is CCCC[C@@H](CC)C(=O)Nc1c(-c2ccc(F)cc2)nc2cc(C)ccn12. The number of imidazole rings is 1. The predicted molar refractivity (Wildman–Crippen MR) is 107 cm³/mol. The van der Waals surface area contributed by atoms with Crippen molar-refractivity contribution in [3.05, 3.63) is 54.0 Å². The Hall–Kier alpha value is -2.69. The Bertz CT molecular complexity index is 931. The van der Waals surface area contributed by atoms with E-state index in [1.807, 2.05) is 36.6 Å². The molecular formula is C22H26FN3O. The zero-order valence-corrected chi connectivity index (χ0v) is 16.1. The van der Waals surface area contributed by atoms with E-state index in [2.05, 4.69) is 12.2 Å². The molecule has 0 unspecified atom stereocenters. The number of anilines is 1. The van der Waals surface area contributed by atoms with E-state index in [4.69, 9.17) is 4.98 Å². The van der Waals surface area contributed by atoms with Crippen LogP contribution in [0.3, 0.4) is 0 Å². The normalized spacial score (nSPS) is 12.3. The summed E-state index contributed by atoms with van der Waals surface area (Å²) in [5, 5.41) is 3.09. The number of nitrogens with zero attached hydrogens (tertiary/aromatic N) is 2. The second kappa shape index (κ2) is 8.33. The van der Waals surface area contributed by atoms with Crippen LogP contribution < -0.4 is 5.32 Å². The molecule has 142 valence electrons. The third kappa shape index (κ3) is 4.18. The number of carbonyl (C=O) groups is 1. The Kier molecular flexibility index (Phi) is 5.89. The molecule has 0 aliphatic heterocycles. The van der Waals surface area contributed by atoms with Crippen molar-refractivity contribution in [2.24, 2.45) is 5.92 Å². The van der Waals surface area contributed by atoms with Crippen LogP contribution in [-0.4, -0.2) is 15.3 Å². The largest absolute Gasteiger partial charge is 0.310 e. The number of halogens is 1. The fourth-order valence-electron chi connectivity index (χ4n) is 3.26. The highest BCUT2D eigenvalue weighted by Gasteiger charge is 2.21. The summed E-state index contributed by atoms with van der Waals surface area (Å²) in [6.07, 6.45) is 5.68. The lowest BCUT2D eigenvalue weighted by Gasteiger charge is -2.15. The molecule has 2 aromatic heterocycles. The van der Waals surface area contributed by atoms with Gasteiger partial charge in [0.15, 0.2) is 0 Å². The van der Waals surface area contributed by atoms with E-state index >= 15 is 0 Å². The number of unbranched alkanes of at least 4 members (excludes halogenated alkanes) is 1. The van der Waals surface area contributed by atoms with Gasteiger partial charge in [0.2, 0.25) is 5.91 Å². The van der Waals surface area contributed by atoms with Gasteiger partial charge >= 0.3 is 0 Å². The molecule has 2 heterocycles. The molecule has 1 aromatic carbocycles. The third-order valence-electron chi connectivity index (χ3n) is 4.91. The summed E-state index contributed by atoms with van der Waals surface area (Å²) in [6, 6.07) is 10.1. The number of aryl methyl sites for hydroxylation is 1. The molecule has 5 heteroatoms. The summed E-state index contributed by atoms with van der Waals surface area (Å²) in [5.74, 6) is 0.324. The molecule has 0 radical (unpaired) electrons. The van der Waals surface area contributed by atoms with Crippen LogP contribution in [0.15, 0.2) is 42.6 Å². The van der Waals surface area contributed by atoms with Crippen LogP contribution >= 0.6 is 0 Å². The Morgan fingerprint density at radius 3 is 2.63 bits per heavy atom. The molecule has 0 saturated carbocycles. The van der Waals surface area contributed by atoms with Crippen LogP contribution in [0.25, 0.3) is 16.9 Å². The zero-order valence-electron chi connectivity index (χ0n) is 16.1. The van der Waals surface area contributed by atoms with Crippen LogP contribution in [0.1, 0.15) is 45.1 Å². The van der Waals surface area contributed by atoms with Crippen molar-refractivity contribution in [3.63, 3.8) is 0 Å². The summed E-state index contributed by atoms with van der Waals surface area (Å²) < 4.78 is 15.2. The molecule has 0 aliphatic rings. The molecule has 0 saturated heterocycles. The topological polar surface area (TPSA) is 46.4 Å². The summed E-state index contributed by atoms with van der Waals surface area (Å²) in [7, 11) is 0. The van der Waals surface area contributed by atoms with Gasteiger partial charge in [-0.05, 0) is 61.7 Å². The standard InChI is InChI=1S/C22H26FN3O/c1-4-6-7-16(5-2)22(27)25-21-20(17-8-10-18(23)11-9-17)24-19-14-15(3)12-13-26(19)21/h8-14,16H,4-7H2,1-3H3,(H,25,27)/t16-/m1/s1. The number of amides is 1. The molecule has 1 N–H and O–H groups in total. The van der Waals surface area contributed by atoms with E-state index in [0.29, 0.717) is 11.5 Å². The average molecular weight is 367 g/mol. The second-order valence-corrected chi connectivity index (χ2v) is 6.98. The van der Waals surface area contributed by atoms with Crippen LogP contribution in [0.2, 0.25) is 0 Å². The van der Waals surface area contributed by atoms with Crippen molar-refractivity contribution in [2.45, 2.75) is 46.5 Å². The maximum atomic E-state index is 13.3. The predicted octanol–water partition coefficient (Wildman–Crippen LogP) is 5.60. The minimum Gasteiger partial charge on any atom is -0.310 e. The Morgan fingerprint density at radius 2 is 1.96 bits per heavy atom. The molecule has 0 aliphatic carbocycles. The van der Waals surface area contributed by atoms with Gasteiger partial charge in [-0.3, -0.25) is 9.20 Å². The van der Waals surface area contributed by atoms with Gasteiger partial charge in [0, 0.05) is 17.7 Å². The molecule has 27 heavy (non-hydrogen) atoms. The molecule has 1 atom stereocenters. The van der Waals surface area contributed by atoms with Crippen LogP contribution in [0, 0.1) is 18.7 Å². The van der Waals surface area contributed by atoms with Gasteiger partial charge in [-0.2, -0.15) is 0 Å². The molecular weight excluding hydrogens is 341 g/mol. The summed E-state index contributed by atoms with van der Waals surface area (Å²) in [6.45, 7) is 6.17. The van der Waals surface area contributed by atoms with E-state index in [1.165, 1.54) is 12.1 Å². The maximum absolute atomic E-state index is 13.3. The Morgan fingerprint density at radius 1 is 1.22 bits per heavy atom. The highest BCUT2D eigenvalue weighted by Crippen LogP contribution is 2.30. The fraction of sp³-hybridized carbons (Fsp3) is 0.364.